The molecule has 1 atom stereocenters. The van der Waals surface area contributed by atoms with E-state index in [-0.39, 0.29) is 12.3 Å². The Labute approximate surface area is 135 Å². The Kier molecular flexibility index (Phi) is 4.42. The van der Waals surface area contributed by atoms with E-state index in [0.29, 0.717) is 5.56 Å². The lowest BCUT2D eigenvalue weighted by molar-refractivity contribution is -0.141. The largest absolute Gasteiger partial charge is 0.479 e. The summed E-state index contributed by atoms with van der Waals surface area (Å²) >= 11 is 0. The molecule has 1 unspecified atom stereocenters. The summed E-state index contributed by atoms with van der Waals surface area (Å²) in [7, 11) is 0. The molecule has 0 saturated heterocycles. The van der Waals surface area contributed by atoms with E-state index in [2.05, 4.69) is 17.4 Å². The quantitative estimate of drug-likeness (QED) is 0.892. The van der Waals surface area contributed by atoms with Crippen molar-refractivity contribution in [2.45, 2.75) is 31.7 Å². The zero-order valence-corrected chi connectivity index (χ0v) is 12.8. The van der Waals surface area contributed by atoms with Gasteiger partial charge in [0.1, 0.15) is 0 Å². The van der Waals surface area contributed by atoms with Gasteiger partial charge in [-0.25, -0.2) is 4.79 Å². The molecule has 2 N–H and O–H groups in total. The molecule has 4 heteroatoms. The van der Waals surface area contributed by atoms with Crippen LogP contribution in [-0.4, -0.2) is 17.0 Å². The Morgan fingerprint density at radius 3 is 2.52 bits per heavy atom. The third-order valence-electron chi connectivity index (χ3n) is 4.21. The second-order valence-corrected chi connectivity index (χ2v) is 5.88. The van der Waals surface area contributed by atoms with Gasteiger partial charge >= 0.3 is 5.97 Å². The first-order valence-corrected chi connectivity index (χ1v) is 7.81. The molecule has 2 aromatic rings. The standard InChI is InChI=1S/C19H19NO3/c21-17(12-13-9-10-14-7-4-8-16(14)11-13)20-18(19(22)23)15-5-2-1-3-6-15/h1-3,5-6,9-11,18H,4,7-8,12H2,(H,20,21)(H,22,23). The van der Waals surface area contributed by atoms with Crippen LogP contribution >= 0.6 is 0 Å². The molecular formula is C19H19NO3. The summed E-state index contributed by atoms with van der Waals surface area (Å²) in [5.41, 5.74) is 4.18. The summed E-state index contributed by atoms with van der Waals surface area (Å²) in [6, 6.07) is 13.8. The van der Waals surface area contributed by atoms with E-state index in [0.717, 1.165) is 18.4 Å². The first-order chi connectivity index (χ1) is 11.1. The average Bonchev–Trinajstić information content (AvgIpc) is 3.01. The van der Waals surface area contributed by atoms with Gasteiger partial charge in [-0.2, -0.15) is 0 Å². The van der Waals surface area contributed by atoms with Crippen LogP contribution in [0.4, 0.5) is 0 Å². The number of carboxylic acid groups (broad SMARTS) is 1. The van der Waals surface area contributed by atoms with E-state index in [4.69, 9.17) is 0 Å². The van der Waals surface area contributed by atoms with Gasteiger partial charge in [-0.3, -0.25) is 4.79 Å². The van der Waals surface area contributed by atoms with Crippen molar-refractivity contribution in [1.29, 1.82) is 0 Å². The Hall–Kier alpha value is -2.62. The number of benzene rings is 2. The molecule has 0 fully saturated rings. The molecule has 0 bridgehead atoms. The maximum absolute atomic E-state index is 12.2. The summed E-state index contributed by atoms with van der Waals surface area (Å²) in [5.74, 6) is -1.34. The van der Waals surface area contributed by atoms with Crippen LogP contribution in [-0.2, 0) is 28.9 Å². The summed E-state index contributed by atoms with van der Waals surface area (Å²) in [6.07, 6.45) is 3.54. The predicted octanol–water partition coefficient (Wildman–Crippen LogP) is 2.66. The smallest absolute Gasteiger partial charge is 0.330 e. The lowest BCUT2D eigenvalue weighted by Gasteiger charge is -2.15. The van der Waals surface area contributed by atoms with E-state index < -0.39 is 12.0 Å². The number of amides is 1. The van der Waals surface area contributed by atoms with Crippen LogP contribution in [0, 0.1) is 0 Å². The molecule has 23 heavy (non-hydrogen) atoms. The average molecular weight is 309 g/mol. The summed E-state index contributed by atoms with van der Waals surface area (Å²) in [6.45, 7) is 0. The van der Waals surface area contributed by atoms with E-state index >= 15 is 0 Å². The Bertz CT molecular complexity index is 725. The molecule has 1 aliphatic rings. The lowest BCUT2D eigenvalue weighted by atomic mass is 10.0. The third kappa shape index (κ3) is 3.59. The fourth-order valence-corrected chi connectivity index (χ4v) is 3.07. The van der Waals surface area contributed by atoms with Gasteiger partial charge < -0.3 is 10.4 Å². The van der Waals surface area contributed by atoms with Crippen molar-refractivity contribution in [2.75, 3.05) is 0 Å². The molecule has 0 aliphatic heterocycles. The second kappa shape index (κ2) is 6.65. The maximum atomic E-state index is 12.2. The topological polar surface area (TPSA) is 66.4 Å². The number of carbonyl (C=O) groups is 2. The van der Waals surface area contributed by atoms with Crippen molar-refractivity contribution in [3.8, 4) is 0 Å². The molecule has 3 rings (SSSR count). The van der Waals surface area contributed by atoms with Gasteiger partial charge in [-0.15, -0.1) is 0 Å². The highest BCUT2D eigenvalue weighted by Gasteiger charge is 2.22. The van der Waals surface area contributed by atoms with E-state index in [1.807, 2.05) is 12.1 Å². The number of hydrogen-bond acceptors (Lipinski definition) is 2. The highest BCUT2D eigenvalue weighted by Crippen LogP contribution is 2.23. The number of aliphatic carboxylic acids is 1. The number of rotatable bonds is 5. The monoisotopic (exact) mass is 309 g/mol. The molecule has 0 radical (unpaired) electrons. The molecule has 118 valence electrons. The summed E-state index contributed by atoms with van der Waals surface area (Å²) < 4.78 is 0. The van der Waals surface area contributed by atoms with Crippen molar-refractivity contribution in [3.63, 3.8) is 0 Å². The van der Waals surface area contributed by atoms with E-state index in [1.165, 1.54) is 17.5 Å². The minimum atomic E-state index is -1.06. The minimum absolute atomic E-state index is 0.198. The summed E-state index contributed by atoms with van der Waals surface area (Å²) in [4.78, 5) is 23.7. The molecular weight excluding hydrogens is 290 g/mol. The van der Waals surface area contributed by atoms with Crippen LogP contribution < -0.4 is 5.32 Å². The molecule has 0 spiro atoms. The predicted molar refractivity (Wildman–Crippen MR) is 87.1 cm³/mol. The van der Waals surface area contributed by atoms with Crippen LogP contribution in [0.3, 0.4) is 0 Å². The van der Waals surface area contributed by atoms with Crippen molar-refractivity contribution in [2.24, 2.45) is 0 Å². The van der Waals surface area contributed by atoms with Crippen LogP contribution in [0.1, 0.15) is 34.7 Å². The number of aryl methyl sites for hydroxylation is 2. The van der Waals surface area contributed by atoms with Gasteiger partial charge in [0.2, 0.25) is 5.91 Å². The number of fused-ring (bicyclic) bond motifs is 1. The Morgan fingerprint density at radius 1 is 1.04 bits per heavy atom. The highest BCUT2D eigenvalue weighted by molar-refractivity contribution is 5.85. The van der Waals surface area contributed by atoms with E-state index in [1.54, 1.807) is 24.3 Å². The third-order valence-corrected chi connectivity index (χ3v) is 4.21. The van der Waals surface area contributed by atoms with Gasteiger partial charge in [0.25, 0.3) is 0 Å². The molecule has 0 saturated carbocycles. The molecule has 1 aliphatic carbocycles. The molecule has 0 heterocycles. The maximum Gasteiger partial charge on any atom is 0.330 e. The zero-order chi connectivity index (χ0) is 16.2. The summed E-state index contributed by atoms with van der Waals surface area (Å²) in [5, 5.41) is 12.0. The first kappa shape index (κ1) is 15.3. The van der Waals surface area contributed by atoms with Gasteiger partial charge in [0, 0.05) is 0 Å². The number of nitrogens with one attached hydrogen (secondary N) is 1. The van der Waals surface area contributed by atoms with Gasteiger partial charge in [-0.1, -0.05) is 48.5 Å². The fraction of sp³-hybridized carbons (Fsp3) is 0.263. The highest BCUT2D eigenvalue weighted by atomic mass is 16.4. The van der Waals surface area contributed by atoms with E-state index in [9.17, 15) is 14.7 Å². The SMILES string of the molecule is O=C(Cc1ccc2c(c1)CCC2)NC(C(=O)O)c1ccccc1. The molecule has 4 nitrogen and oxygen atoms in total. The van der Waals surface area contributed by atoms with Crippen LogP contribution in [0.15, 0.2) is 48.5 Å². The fourth-order valence-electron chi connectivity index (χ4n) is 3.07. The van der Waals surface area contributed by atoms with Gasteiger partial charge in [-0.05, 0) is 41.5 Å². The normalized spacial score (nSPS) is 14.1. The lowest BCUT2D eigenvalue weighted by Crippen LogP contribution is -2.34. The van der Waals surface area contributed by atoms with Crippen molar-refractivity contribution in [3.05, 3.63) is 70.8 Å². The zero-order valence-electron chi connectivity index (χ0n) is 12.8. The molecule has 2 aromatic carbocycles. The number of carbonyl (C=O) groups excluding carboxylic acids is 1. The van der Waals surface area contributed by atoms with Gasteiger partial charge in [0.05, 0.1) is 6.42 Å². The number of hydrogen-bond donors (Lipinski definition) is 2. The molecule has 1 amide bonds. The number of carboxylic acids is 1. The second-order valence-electron chi connectivity index (χ2n) is 5.88. The molecule has 0 aromatic heterocycles. The van der Waals surface area contributed by atoms with Crippen molar-refractivity contribution in [1.82, 2.24) is 5.32 Å². The minimum Gasteiger partial charge on any atom is -0.479 e. The first-order valence-electron chi connectivity index (χ1n) is 7.81. The van der Waals surface area contributed by atoms with Crippen LogP contribution in [0.25, 0.3) is 0 Å². The van der Waals surface area contributed by atoms with Crippen LogP contribution in [0.5, 0.6) is 0 Å². The Balaban J connectivity index is 1.69. The van der Waals surface area contributed by atoms with Crippen molar-refractivity contribution >= 4 is 11.9 Å². The Morgan fingerprint density at radius 2 is 1.78 bits per heavy atom. The van der Waals surface area contributed by atoms with Crippen molar-refractivity contribution < 1.29 is 14.7 Å². The van der Waals surface area contributed by atoms with Crippen LogP contribution in [0.2, 0.25) is 0 Å². The van der Waals surface area contributed by atoms with Gasteiger partial charge in [0.15, 0.2) is 6.04 Å².